The molecule has 0 amide bonds. The molecule has 5 nitrogen and oxygen atoms in total. The molecular weight excluding hydrogens is 244 g/mol. The van der Waals surface area contributed by atoms with Crippen molar-refractivity contribution < 1.29 is 14.3 Å². The first-order valence-corrected chi connectivity index (χ1v) is 6.50. The van der Waals surface area contributed by atoms with Crippen molar-refractivity contribution >= 4 is 12.3 Å². The van der Waals surface area contributed by atoms with Crippen molar-refractivity contribution in [2.75, 3.05) is 0 Å². The van der Waals surface area contributed by atoms with Crippen molar-refractivity contribution in [1.29, 1.82) is 0 Å². The number of ether oxygens (including phenoxy) is 1. The van der Waals surface area contributed by atoms with Crippen molar-refractivity contribution in [3.05, 3.63) is 17.7 Å². The molecule has 106 valence electrons. The van der Waals surface area contributed by atoms with E-state index >= 15 is 0 Å². The summed E-state index contributed by atoms with van der Waals surface area (Å²) in [6, 6.07) is 0. The average Bonchev–Trinajstić information content (AvgIpc) is 2.81. The van der Waals surface area contributed by atoms with E-state index in [1.54, 1.807) is 0 Å². The number of hydrogen-bond acceptors (Lipinski definition) is 4. The summed E-state index contributed by atoms with van der Waals surface area (Å²) in [6.45, 7) is 9.43. The number of H-pyrrole nitrogens is 1. The summed E-state index contributed by atoms with van der Waals surface area (Å²) in [5, 5.41) is 0. The summed E-state index contributed by atoms with van der Waals surface area (Å²) in [5.74, 6) is 0.368. The molecule has 0 bridgehead atoms. The van der Waals surface area contributed by atoms with Gasteiger partial charge in [0.05, 0.1) is 17.3 Å². The fourth-order valence-corrected chi connectivity index (χ4v) is 1.50. The normalized spacial score (nSPS) is 14.8. The molecule has 0 aliphatic rings. The van der Waals surface area contributed by atoms with E-state index < -0.39 is 11.5 Å². The van der Waals surface area contributed by atoms with E-state index in [1.165, 1.54) is 6.20 Å². The van der Waals surface area contributed by atoms with E-state index in [4.69, 9.17) is 4.74 Å². The van der Waals surface area contributed by atoms with Gasteiger partial charge in [-0.3, -0.25) is 9.59 Å². The first kappa shape index (κ1) is 15.4. The quantitative estimate of drug-likeness (QED) is 0.657. The van der Waals surface area contributed by atoms with Gasteiger partial charge in [0.15, 0.2) is 12.4 Å². The summed E-state index contributed by atoms with van der Waals surface area (Å²) in [6.07, 6.45) is 2.53. The number of aldehydes is 1. The van der Waals surface area contributed by atoms with Gasteiger partial charge in [0, 0.05) is 5.92 Å². The number of aromatic amines is 1. The minimum atomic E-state index is -0.564. The molecule has 1 aromatic rings. The number of carbonyl (C=O) groups excluding carboxylic acids is 2. The standard InChI is InChI=1S/C14H22N2O3/c1-6-9(2)11(19-13(18)14(3,4)5)12-15-7-10(8-17)16-12/h7-9,11H,6H2,1-5H3,(H,15,16). The molecule has 1 N–H and O–H groups in total. The summed E-state index contributed by atoms with van der Waals surface area (Å²) in [5.41, 5.74) is -0.179. The Balaban J connectivity index is 2.95. The fraction of sp³-hybridized carbons (Fsp3) is 0.643. The van der Waals surface area contributed by atoms with Gasteiger partial charge in [0.2, 0.25) is 0 Å². The van der Waals surface area contributed by atoms with Gasteiger partial charge < -0.3 is 9.72 Å². The molecule has 2 unspecified atom stereocenters. The van der Waals surface area contributed by atoms with Gasteiger partial charge in [-0.2, -0.15) is 0 Å². The predicted octanol–water partition coefficient (Wildman–Crippen LogP) is 2.90. The summed E-state index contributed by atoms with van der Waals surface area (Å²) in [7, 11) is 0. The molecule has 0 aliphatic heterocycles. The van der Waals surface area contributed by atoms with Crippen LogP contribution in [0.4, 0.5) is 0 Å². The van der Waals surface area contributed by atoms with Crippen LogP contribution < -0.4 is 0 Å². The van der Waals surface area contributed by atoms with Crippen LogP contribution in [0.3, 0.4) is 0 Å². The first-order valence-electron chi connectivity index (χ1n) is 6.50. The molecular formula is C14H22N2O3. The second-order valence-corrected chi connectivity index (χ2v) is 5.80. The highest BCUT2D eigenvalue weighted by Gasteiger charge is 2.31. The SMILES string of the molecule is CCC(C)C(OC(=O)C(C)(C)C)c1ncc(C=O)[nH]1. The maximum atomic E-state index is 12.0. The number of esters is 1. The molecule has 0 saturated heterocycles. The Morgan fingerprint density at radius 3 is 2.58 bits per heavy atom. The van der Waals surface area contributed by atoms with E-state index in [9.17, 15) is 9.59 Å². The van der Waals surface area contributed by atoms with Gasteiger partial charge >= 0.3 is 5.97 Å². The summed E-state index contributed by atoms with van der Waals surface area (Å²) >= 11 is 0. The second-order valence-electron chi connectivity index (χ2n) is 5.80. The van der Waals surface area contributed by atoms with Gasteiger partial charge in [-0.1, -0.05) is 13.8 Å². The van der Waals surface area contributed by atoms with Gasteiger partial charge in [-0.15, -0.1) is 0 Å². The summed E-state index contributed by atoms with van der Waals surface area (Å²) < 4.78 is 5.56. The number of rotatable bonds is 5. The Morgan fingerprint density at radius 1 is 1.53 bits per heavy atom. The van der Waals surface area contributed by atoms with Gasteiger partial charge in [-0.25, -0.2) is 4.98 Å². The number of imidazole rings is 1. The molecule has 5 heteroatoms. The highest BCUT2D eigenvalue weighted by Crippen LogP contribution is 2.29. The van der Waals surface area contributed by atoms with E-state index in [0.717, 1.165) is 6.42 Å². The molecule has 0 radical (unpaired) electrons. The van der Waals surface area contributed by atoms with E-state index in [1.807, 2.05) is 34.6 Å². The van der Waals surface area contributed by atoms with E-state index in [-0.39, 0.29) is 11.9 Å². The third-order valence-corrected chi connectivity index (χ3v) is 3.02. The molecule has 2 atom stereocenters. The van der Waals surface area contributed by atoms with Crippen molar-refractivity contribution in [2.45, 2.75) is 47.1 Å². The largest absolute Gasteiger partial charge is 0.454 e. The molecule has 0 aliphatic carbocycles. The monoisotopic (exact) mass is 266 g/mol. The molecule has 0 aromatic carbocycles. The Labute approximate surface area is 113 Å². The number of hydrogen-bond donors (Lipinski definition) is 1. The van der Waals surface area contributed by atoms with Crippen LogP contribution in [0.1, 0.15) is 63.5 Å². The maximum absolute atomic E-state index is 12.0. The van der Waals surface area contributed by atoms with Gasteiger partial charge in [0.1, 0.15) is 5.82 Å². The van der Waals surface area contributed by atoms with Crippen LogP contribution in [-0.4, -0.2) is 22.2 Å². The highest BCUT2D eigenvalue weighted by atomic mass is 16.5. The highest BCUT2D eigenvalue weighted by molar-refractivity contribution is 5.75. The van der Waals surface area contributed by atoms with Crippen LogP contribution in [0.5, 0.6) is 0 Å². The maximum Gasteiger partial charge on any atom is 0.311 e. The number of carbonyl (C=O) groups is 2. The second kappa shape index (κ2) is 5.99. The third-order valence-electron chi connectivity index (χ3n) is 3.02. The van der Waals surface area contributed by atoms with Crippen LogP contribution in [0, 0.1) is 11.3 Å². The molecule has 1 rings (SSSR count). The van der Waals surface area contributed by atoms with Crippen molar-refractivity contribution in [3.63, 3.8) is 0 Å². The van der Waals surface area contributed by atoms with E-state index in [2.05, 4.69) is 9.97 Å². The zero-order valence-corrected chi connectivity index (χ0v) is 12.2. The fourth-order valence-electron chi connectivity index (χ4n) is 1.50. The minimum absolute atomic E-state index is 0.122. The smallest absolute Gasteiger partial charge is 0.311 e. The lowest BCUT2D eigenvalue weighted by Gasteiger charge is -2.25. The van der Waals surface area contributed by atoms with Gasteiger partial charge in [0.25, 0.3) is 0 Å². The van der Waals surface area contributed by atoms with Crippen molar-refractivity contribution in [1.82, 2.24) is 9.97 Å². The molecule has 19 heavy (non-hydrogen) atoms. The van der Waals surface area contributed by atoms with Crippen LogP contribution >= 0.6 is 0 Å². The lowest BCUT2D eigenvalue weighted by atomic mass is 9.96. The van der Waals surface area contributed by atoms with Crippen molar-refractivity contribution in [2.24, 2.45) is 11.3 Å². The summed E-state index contributed by atoms with van der Waals surface area (Å²) in [4.78, 5) is 29.7. The van der Waals surface area contributed by atoms with Crippen LogP contribution in [0.2, 0.25) is 0 Å². The number of nitrogens with one attached hydrogen (secondary N) is 1. The lowest BCUT2D eigenvalue weighted by molar-refractivity contribution is -0.162. The van der Waals surface area contributed by atoms with Crippen LogP contribution in [-0.2, 0) is 9.53 Å². The molecule has 1 heterocycles. The number of aromatic nitrogens is 2. The lowest BCUT2D eigenvalue weighted by Crippen LogP contribution is -2.27. The zero-order chi connectivity index (χ0) is 14.6. The first-order chi connectivity index (χ1) is 8.79. The van der Waals surface area contributed by atoms with Gasteiger partial charge in [-0.05, 0) is 27.2 Å². The Morgan fingerprint density at radius 2 is 2.16 bits per heavy atom. The topological polar surface area (TPSA) is 72.0 Å². The Hall–Kier alpha value is -1.65. The molecule has 0 saturated carbocycles. The molecule has 1 aromatic heterocycles. The van der Waals surface area contributed by atoms with Crippen LogP contribution in [0.25, 0.3) is 0 Å². The molecule has 0 fully saturated rings. The average molecular weight is 266 g/mol. The molecule has 0 spiro atoms. The number of nitrogens with zero attached hydrogens (tertiary/aromatic N) is 1. The third kappa shape index (κ3) is 3.91. The minimum Gasteiger partial charge on any atom is -0.454 e. The Kier molecular flexibility index (Phi) is 4.86. The van der Waals surface area contributed by atoms with Crippen LogP contribution in [0.15, 0.2) is 6.20 Å². The Bertz CT molecular complexity index is 446. The van der Waals surface area contributed by atoms with E-state index in [0.29, 0.717) is 17.8 Å². The predicted molar refractivity (Wildman–Crippen MR) is 71.7 cm³/mol. The zero-order valence-electron chi connectivity index (χ0n) is 12.2. The van der Waals surface area contributed by atoms with Crippen molar-refractivity contribution in [3.8, 4) is 0 Å².